The van der Waals surface area contributed by atoms with Crippen LogP contribution in [0.4, 0.5) is 0 Å². The van der Waals surface area contributed by atoms with E-state index in [0.717, 1.165) is 12.1 Å². The third-order valence-electron chi connectivity index (χ3n) is 1.44. The van der Waals surface area contributed by atoms with Crippen LogP contribution in [0.15, 0.2) is 23.1 Å². The molecule has 0 spiro atoms. The van der Waals surface area contributed by atoms with Crippen LogP contribution in [-0.2, 0) is 10.1 Å². The molecule has 0 bridgehead atoms. The smallest absolute Gasteiger partial charge is 0.298 e. The normalized spacial score (nSPS) is 11.2. The van der Waals surface area contributed by atoms with Crippen LogP contribution in [0.5, 0.6) is 11.5 Å². The zero-order valence-corrected chi connectivity index (χ0v) is 7.58. The molecule has 1 aromatic rings. The van der Waals surface area contributed by atoms with Crippen molar-refractivity contribution in [1.82, 2.24) is 0 Å². The third kappa shape index (κ3) is 2.10. The van der Waals surface area contributed by atoms with Gasteiger partial charge in [-0.25, -0.2) is 0 Å². The van der Waals surface area contributed by atoms with Gasteiger partial charge in [-0.1, -0.05) is 0 Å². The second-order valence-corrected chi connectivity index (χ2v) is 3.70. The topological polar surface area (TPSA) is 83.8 Å². The minimum Gasteiger partial charge on any atom is -0.506 e. The van der Waals surface area contributed by atoms with Crippen molar-refractivity contribution in [3.05, 3.63) is 18.2 Å². The zero-order chi connectivity index (χ0) is 10.1. The molecular weight excluding hydrogens is 196 g/mol. The van der Waals surface area contributed by atoms with Gasteiger partial charge in [0.05, 0.1) is 7.11 Å². The van der Waals surface area contributed by atoms with Crippen LogP contribution in [0.25, 0.3) is 0 Å². The van der Waals surface area contributed by atoms with Gasteiger partial charge in [0, 0.05) is 6.07 Å². The van der Waals surface area contributed by atoms with Gasteiger partial charge in [0.2, 0.25) is 0 Å². The second-order valence-electron chi connectivity index (χ2n) is 2.31. The molecule has 0 saturated carbocycles. The van der Waals surface area contributed by atoms with Crippen molar-refractivity contribution < 1.29 is 22.8 Å². The van der Waals surface area contributed by atoms with E-state index in [2.05, 4.69) is 0 Å². The maximum atomic E-state index is 10.6. The molecule has 0 aromatic heterocycles. The Bertz CT molecular complexity index is 409. The van der Waals surface area contributed by atoms with Gasteiger partial charge in [0.1, 0.15) is 16.4 Å². The van der Waals surface area contributed by atoms with Crippen molar-refractivity contribution >= 4 is 10.1 Å². The Morgan fingerprint density at radius 1 is 1.38 bits per heavy atom. The van der Waals surface area contributed by atoms with Gasteiger partial charge in [-0.3, -0.25) is 4.55 Å². The lowest BCUT2D eigenvalue weighted by atomic mass is 10.3. The number of aromatic hydroxyl groups is 1. The van der Waals surface area contributed by atoms with Crippen molar-refractivity contribution in [1.29, 1.82) is 0 Å². The monoisotopic (exact) mass is 204 g/mol. The number of ether oxygens (including phenoxy) is 1. The van der Waals surface area contributed by atoms with Crippen molar-refractivity contribution in [2.45, 2.75) is 4.90 Å². The van der Waals surface area contributed by atoms with Crippen LogP contribution in [0.2, 0.25) is 0 Å². The fourth-order valence-electron chi connectivity index (χ4n) is 0.842. The van der Waals surface area contributed by atoms with Crippen molar-refractivity contribution in [3.8, 4) is 11.5 Å². The Morgan fingerprint density at radius 3 is 2.38 bits per heavy atom. The summed E-state index contributed by atoms with van der Waals surface area (Å²) in [6, 6.07) is 3.48. The first kappa shape index (κ1) is 9.82. The molecule has 0 saturated heterocycles. The highest BCUT2D eigenvalue weighted by molar-refractivity contribution is 7.86. The molecule has 0 unspecified atom stereocenters. The minimum absolute atomic E-state index is 0.310. The van der Waals surface area contributed by atoms with E-state index in [1.807, 2.05) is 0 Å². The second kappa shape index (κ2) is 3.23. The SMILES string of the molecule is COc1ccc(S(=O)(=O)O)c(O)c1. The molecule has 1 aromatic carbocycles. The van der Waals surface area contributed by atoms with Crippen molar-refractivity contribution in [3.63, 3.8) is 0 Å². The molecule has 0 fully saturated rings. The van der Waals surface area contributed by atoms with Gasteiger partial charge in [-0.2, -0.15) is 8.42 Å². The molecule has 1 rings (SSSR count). The van der Waals surface area contributed by atoms with Gasteiger partial charge in [-0.05, 0) is 12.1 Å². The zero-order valence-electron chi connectivity index (χ0n) is 6.76. The van der Waals surface area contributed by atoms with E-state index < -0.39 is 20.8 Å². The first-order chi connectivity index (χ1) is 5.95. The number of phenolic OH excluding ortho intramolecular Hbond substituents is 1. The summed E-state index contributed by atoms with van der Waals surface area (Å²) >= 11 is 0. The van der Waals surface area contributed by atoms with E-state index in [9.17, 15) is 8.42 Å². The Hall–Kier alpha value is -1.27. The molecule has 0 aliphatic carbocycles. The highest BCUT2D eigenvalue weighted by Gasteiger charge is 2.15. The largest absolute Gasteiger partial charge is 0.506 e. The van der Waals surface area contributed by atoms with Crippen LogP contribution in [0.1, 0.15) is 0 Å². The average Bonchev–Trinajstić information content (AvgIpc) is 2.01. The molecule has 72 valence electrons. The molecule has 13 heavy (non-hydrogen) atoms. The van der Waals surface area contributed by atoms with Crippen LogP contribution in [0, 0.1) is 0 Å². The summed E-state index contributed by atoms with van der Waals surface area (Å²) in [5.41, 5.74) is 0. The maximum absolute atomic E-state index is 10.6. The van der Waals surface area contributed by atoms with Crippen LogP contribution in [0.3, 0.4) is 0 Å². The van der Waals surface area contributed by atoms with Crippen LogP contribution in [-0.4, -0.2) is 25.2 Å². The summed E-state index contributed by atoms with van der Waals surface area (Å²) in [5, 5.41) is 9.14. The first-order valence-electron chi connectivity index (χ1n) is 3.29. The lowest BCUT2D eigenvalue weighted by Crippen LogP contribution is -1.98. The van der Waals surface area contributed by atoms with E-state index in [-0.39, 0.29) is 0 Å². The minimum atomic E-state index is -4.36. The number of hydrogen-bond donors (Lipinski definition) is 2. The number of benzene rings is 1. The molecular formula is C7H8O5S. The average molecular weight is 204 g/mol. The first-order valence-corrected chi connectivity index (χ1v) is 4.73. The van der Waals surface area contributed by atoms with E-state index in [0.29, 0.717) is 5.75 Å². The van der Waals surface area contributed by atoms with Crippen LogP contribution >= 0.6 is 0 Å². The number of methoxy groups -OCH3 is 1. The maximum Gasteiger partial charge on any atom is 0.298 e. The predicted octanol–water partition coefficient (Wildman–Crippen LogP) is 0.647. The summed E-state index contributed by atoms with van der Waals surface area (Å²) in [4.78, 5) is -0.534. The lowest BCUT2D eigenvalue weighted by molar-refractivity contribution is 0.402. The molecule has 0 radical (unpaired) electrons. The number of rotatable bonds is 2. The van der Waals surface area contributed by atoms with Gasteiger partial charge in [0.25, 0.3) is 10.1 Å². The summed E-state index contributed by atoms with van der Waals surface area (Å²) in [6.07, 6.45) is 0. The highest BCUT2D eigenvalue weighted by atomic mass is 32.2. The Labute approximate surface area is 75.3 Å². The lowest BCUT2D eigenvalue weighted by Gasteiger charge is -2.03. The van der Waals surface area contributed by atoms with E-state index in [4.69, 9.17) is 14.4 Å². The molecule has 5 nitrogen and oxygen atoms in total. The Kier molecular flexibility index (Phi) is 2.44. The van der Waals surface area contributed by atoms with Gasteiger partial charge in [-0.15, -0.1) is 0 Å². The number of hydrogen-bond acceptors (Lipinski definition) is 4. The Balaban J connectivity index is 3.29. The van der Waals surface area contributed by atoms with E-state index in [1.54, 1.807) is 0 Å². The summed E-state index contributed by atoms with van der Waals surface area (Å²) in [5.74, 6) is -0.230. The summed E-state index contributed by atoms with van der Waals surface area (Å²) < 4.78 is 34.5. The molecule has 0 atom stereocenters. The predicted molar refractivity (Wildman–Crippen MR) is 44.5 cm³/mol. The number of phenols is 1. The molecule has 0 aliphatic rings. The molecule has 0 heterocycles. The van der Waals surface area contributed by atoms with Crippen LogP contribution < -0.4 is 4.74 Å². The highest BCUT2D eigenvalue weighted by Crippen LogP contribution is 2.26. The molecule has 0 amide bonds. The Morgan fingerprint density at radius 2 is 2.00 bits per heavy atom. The quantitative estimate of drug-likeness (QED) is 0.691. The third-order valence-corrected chi connectivity index (χ3v) is 2.35. The van der Waals surface area contributed by atoms with E-state index in [1.165, 1.54) is 13.2 Å². The fourth-order valence-corrected chi connectivity index (χ4v) is 1.41. The fraction of sp³-hybridized carbons (Fsp3) is 0.143. The summed E-state index contributed by atoms with van der Waals surface area (Å²) in [7, 11) is -2.99. The van der Waals surface area contributed by atoms with Crippen molar-refractivity contribution in [2.24, 2.45) is 0 Å². The van der Waals surface area contributed by atoms with Gasteiger partial charge >= 0.3 is 0 Å². The molecule has 2 N–H and O–H groups in total. The van der Waals surface area contributed by atoms with Crippen molar-refractivity contribution in [2.75, 3.05) is 7.11 Å². The van der Waals surface area contributed by atoms with E-state index >= 15 is 0 Å². The van der Waals surface area contributed by atoms with Gasteiger partial charge in [0.15, 0.2) is 0 Å². The summed E-state index contributed by atoms with van der Waals surface area (Å²) in [6.45, 7) is 0. The molecule has 6 heteroatoms. The standard InChI is InChI=1S/C7H8O5S/c1-12-5-2-3-7(6(8)4-5)13(9,10)11/h2-4,8H,1H3,(H,9,10,11). The van der Waals surface area contributed by atoms with Gasteiger partial charge < -0.3 is 9.84 Å². The molecule has 0 aliphatic heterocycles.